The lowest BCUT2D eigenvalue weighted by Gasteiger charge is -2.04. The molecular weight excluding hydrogens is 353 g/mol. The Morgan fingerprint density at radius 3 is 2.80 bits per heavy atom. The van der Waals surface area contributed by atoms with Crippen molar-refractivity contribution in [3.63, 3.8) is 0 Å². The summed E-state index contributed by atoms with van der Waals surface area (Å²) in [7, 11) is -3.41. The van der Waals surface area contributed by atoms with E-state index in [1.807, 2.05) is 22.6 Å². The molecule has 0 aliphatic rings. The highest BCUT2D eigenvalue weighted by molar-refractivity contribution is 14.1. The lowest BCUT2D eigenvalue weighted by Crippen LogP contribution is -2.09. The molecule has 15 heavy (non-hydrogen) atoms. The molecule has 0 saturated heterocycles. The van der Waals surface area contributed by atoms with Gasteiger partial charge in [-0.25, -0.2) is 18.4 Å². The summed E-state index contributed by atoms with van der Waals surface area (Å²) in [6.45, 7) is 0. The highest BCUT2D eigenvalue weighted by Gasteiger charge is 2.18. The number of sulfone groups is 1. The van der Waals surface area contributed by atoms with Gasteiger partial charge in [-0.15, -0.1) is 0 Å². The van der Waals surface area contributed by atoms with Gasteiger partial charge in [-0.2, -0.15) is 0 Å². The van der Waals surface area contributed by atoms with Gasteiger partial charge < -0.3 is 0 Å². The molecule has 0 spiro atoms. The third-order valence-corrected chi connectivity index (χ3v) is 4.29. The second-order valence-electron chi connectivity index (χ2n) is 2.89. The molecule has 0 aliphatic carbocycles. The molecule has 0 saturated carbocycles. The van der Waals surface area contributed by atoms with Crippen LogP contribution in [0.15, 0.2) is 17.6 Å². The van der Waals surface area contributed by atoms with Crippen molar-refractivity contribution in [3.05, 3.63) is 21.1 Å². The van der Waals surface area contributed by atoms with Gasteiger partial charge in [-0.1, -0.05) is 11.6 Å². The number of fused-ring (bicyclic) bond motifs is 1. The summed E-state index contributed by atoms with van der Waals surface area (Å²) < 4.78 is 24.9. The fourth-order valence-corrected chi connectivity index (χ4v) is 2.66. The average molecular weight is 358 g/mol. The molecule has 5 nitrogen and oxygen atoms in total. The topological polar surface area (TPSA) is 64.3 Å². The molecule has 80 valence electrons. The number of aromatic nitrogens is 3. The van der Waals surface area contributed by atoms with E-state index in [-0.39, 0.29) is 10.3 Å². The number of hydrogen-bond acceptors (Lipinski definition) is 4. The van der Waals surface area contributed by atoms with Crippen molar-refractivity contribution in [2.75, 3.05) is 6.26 Å². The van der Waals surface area contributed by atoms with Crippen LogP contribution in [0.5, 0.6) is 0 Å². The van der Waals surface area contributed by atoms with Crippen molar-refractivity contribution in [1.82, 2.24) is 14.4 Å². The summed E-state index contributed by atoms with van der Waals surface area (Å²) >= 11 is 7.79. The van der Waals surface area contributed by atoms with Gasteiger partial charge in [0, 0.05) is 18.6 Å². The minimum Gasteiger partial charge on any atom is -0.274 e. The Balaban J connectivity index is 2.99. The number of imidazole rings is 1. The summed E-state index contributed by atoms with van der Waals surface area (Å²) in [4.78, 5) is 7.86. The predicted molar refractivity (Wildman–Crippen MR) is 63.8 cm³/mol. The molecule has 0 fully saturated rings. The van der Waals surface area contributed by atoms with Gasteiger partial charge in [0.15, 0.2) is 5.65 Å². The SMILES string of the molecule is CS(=O)(=O)c1nc(Cl)c(I)c2nccn12. The average Bonchev–Trinajstić information content (AvgIpc) is 2.57. The molecule has 0 unspecified atom stereocenters. The third kappa shape index (κ3) is 1.83. The smallest absolute Gasteiger partial charge is 0.234 e. The van der Waals surface area contributed by atoms with Crippen LogP contribution in [-0.4, -0.2) is 29.0 Å². The van der Waals surface area contributed by atoms with Crippen molar-refractivity contribution in [3.8, 4) is 0 Å². The predicted octanol–water partition coefficient (Wildman–Crippen LogP) is 1.39. The zero-order valence-corrected chi connectivity index (χ0v) is 11.2. The molecule has 0 amide bonds. The largest absolute Gasteiger partial charge is 0.274 e. The lowest BCUT2D eigenvalue weighted by molar-refractivity contribution is 0.590. The molecular formula is C7H5ClIN3O2S. The van der Waals surface area contributed by atoms with E-state index in [1.54, 1.807) is 0 Å². The third-order valence-electron chi connectivity index (χ3n) is 1.75. The van der Waals surface area contributed by atoms with Crippen molar-refractivity contribution < 1.29 is 8.42 Å². The van der Waals surface area contributed by atoms with Crippen LogP contribution in [0, 0.1) is 3.57 Å². The molecule has 0 radical (unpaired) electrons. The fourth-order valence-electron chi connectivity index (χ4n) is 1.16. The van der Waals surface area contributed by atoms with E-state index in [9.17, 15) is 8.42 Å². The van der Waals surface area contributed by atoms with Crippen LogP contribution in [0.1, 0.15) is 0 Å². The number of nitrogens with zero attached hydrogens (tertiary/aromatic N) is 3. The van der Waals surface area contributed by atoms with E-state index in [0.717, 1.165) is 6.26 Å². The van der Waals surface area contributed by atoms with Crippen LogP contribution >= 0.6 is 34.2 Å². The van der Waals surface area contributed by atoms with Crippen molar-refractivity contribution in [2.24, 2.45) is 0 Å². The van der Waals surface area contributed by atoms with Crippen LogP contribution in [0.4, 0.5) is 0 Å². The standard InChI is InChI=1S/C7H5ClIN3O2S/c1-15(13,14)7-11-5(8)4(9)6-10-2-3-12(6)7/h2-3H,1H3. The van der Waals surface area contributed by atoms with Gasteiger partial charge >= 0.3 is 0 Å². The molecule has 0 aliphatic heterocycles. The maximum absolute atomic E-state index is 11.4. The second kappa shape index (κ2) is 3.56. The van der Waals surface area contributed by atoms with Gasteiger partial charge in [-0.3, -0.25) is 4.40 Å². The summed E-state index contributed by atoms with van der Waals surface area (Å²) in [5.41, 5.74) is 0.496. The first-order chi connectivity index (χ1) is 6.91. The highest BCUT2D eigenvalue weighted by Crippen LogP contribution is 2.22. The zero-order valence-electron chi connectivity index (χ0n) is 7.48. The molecule has 2 aromatic heterocycles. The van der Waals surface area contributed by atoms with E-state index >= 15 is 0 Å². The molecule has 0 atom stereocenters. The Morgan fingerprint density at radius 1 is 1.53 bits per heavy atom. The molecule has 0 N–H and O–H groups in total. The van der Waals surface area contributed by atoms with Gasteiger partial charge in [0.25, 0.3) is 0 Å². The molecule has 0 aromatic carbocycles. The van der Waals surface area contributed by atoms with E-state index in [4.69, 9.17) is 11.6 Å². The summed E-state index contributed by atoms with van der Waals surface area (Å²) in [6.07, 6.45) is 4.12. The molecule has 2 rings (SSSR count). The summed E-state index contributed by atoms with van der Waals surface area (Å²) in [5, 5.41) is 0.0511. The monoisotopic (exact) mass is 357 g/mol. The molecule has 2 aromatic rings. The Hall–Kier alpha value is -0.410. The summed E-state index contributed by atoms with van der Waals surface area (Å²) in [6, 6.07) is 0. The van der Waals surface area contributed by atoms with E-state index in [2.05, 4.69) is 9.97 Å². The van der Waals surface area contributed by atoms with Crippen LogP contribution in [0.25, 0.3) is 5.65 Å². The minimum absolute atomic E-state index is 0.0968. The van der Waals surface area contributed by atoms with E-state index < -0.39 is 9.84 Å². The Labute approximate surface area is 105 Å². The fraction of sp³-hybridized carbons (Fsp3) is 0.143. The minimum atomic E-state index is -3.41. The van der Waals surface area contributed by atoms with E-state index in [1.165, 1.54) is 16.8 Å². The van der Waals surface area contributed by atoms with Crippen LogP contribution in [0.2, 0.25) is 5.15 Å². The molecule has 2 heterocycles. The first-order valence-electron chi connectivity index (χ1n) is 3.79. The Morgan fingerprint density at radius 2 is 2.20 bits per heavy atom. The van der Waals surface area contributed by atoms with Gasteiger partial charge in [0.2, 0.25) is 15.0 Å². The van der Waals surface area contributed by atoms with Gasteiger partial charge in [0.05, 0.1) is 3.57 Å². The summed E-state index contributed by atoms with van der Waals surface area (Å²) in [5.74, 6) is 0. The normalized spacial score (nSPS) is 12.2. The van der Waals surface area contributed by atoms with E-state index in [0.29, 0.717) is 9.22 Å². The first-order valence-corrected chi connectivity index (χ1v) is 7.14. The van der Waals surface area contributed by atoms with Crippen LogP contribution < -0.4 is 0 Å². The Bertz CT molecular complexity index is 637. The number of hydrogen-bond donors (Lipinski definition) is 0. The van der Waals surface area contributed by atoms with Crippen molar-refractivity contribution >= 4 is 49.7 Å². The zero-order chi connectivity index (χ0) is 11.2. The van der Waals surface area contributed by atoms with Crippen molar-refractivity contribution in [1.29, 1.82) is 0 Å². The second-order valence-corrected chi connectivity index (χ2v) is 6.24. The number of rotatable bonds is 1. The quantitative estimate of drug-likeness (QED) is 0.439. The molecule has 0 bridgehead atoms. The highest BCUT2D eigenvalue weighted by atomic mass is 127. The lowest BCUT2D eigenvalue weighted by atomic mass is 10.6. The molecule has 8 heteroatoms. The maximum atomic E-state index is 11.4. The van der Waals surface area contributed by atoms with Gasteiger partial charge in [0.1, 0.15) is 5.15 Å². The maximum Gasteiger partial charge on any atom is 0.234 e. The first kappa shape index (κ1) is 11.1. The van der Waals surface area contributed by atoms with Crippen molar-refractivity contribution in [2.45, 2.75) is 5.16 Å². The van der Waals surface area contributed by atoms with Crippen LogP contribution in [-0.2, 0) is 9.84 Å². The Kier molecular flexibility index (Phi) is 2.63. The van der Waals surface area contributed by atoms with Gasteiger partial charge in [-0.05, 0) is 22.6 Å². The van der Waals surface area contributed by atoms with Crippen LogP contribution in [0.3, 0.4) is 0 Å². The number of halogens is 2.